The third-order valence-corrected chi connectivity index (χ3v) is 3.53. The van der Waals surface area contributed by atoms with Crippen LogP contribution in [0.5, 0.6) is 0 Å². The lowest BCUT2D eigenvalue weighted by Gasteiger charge is -2.04. The van der Waals surface area contributed by atoms with Gasteiger partial charge in [-0.3, -0.25) is 4.70 Å². The van der Waals surface area contributed by atoms with E-state index in [0.717, 1.165) is 13.2 Å². The molecule has 0 radical (unpaired) electrons. The van der Waals surface area contributed by atoms with Crippen molar-refractivity contribution in [2.24, 2.45) is 0 Å². The summed E-state index contributed by atoms with van der Waals surface area (Å²) >= 11 is 0. The average Bonchev–Trinajstić information content (AvgIpc) is 2.02. The second kappa shape index (κ2) is 12.1. The fourth-order valence-corrected chi connectivity index (χ4v) is 2.13. The van der Waals surface area contributed by atoms with Crippen molar-refractivity contribution in [3.8, 4) is 0 Å². The van der Waals surface area contributed by atoms with Crippen LogP contribution in [0, 0.1) is 0 Å². The Morgan fingerprint density at radius 1 is 1.00 bits per heavy atom. The van der Waals surface area contributed by atoms with Gasteiger partial charge in [-0.25, -0.2) is 0 Å². The van der Waals surface area contributed by atoms with Crippen LogP contribution in [0.4, 0.5) is 4.70 Å². The molecule has 0 atom stereocenters. The molecule has 0 amide bonds. The lowest BCUT2D eigenvalue weighted by Crippen LogP contribution is -2.03. The SMILES string of the molecule is CCCCCOCCC[SiH](C)C.F. The summed E-state index contributed by atoms with van der Waals surface area (Å²) in [4.78, 5) is 0. The number of hydrogen-bond acceptors (Lipinski definition) is 1. The van der Waals surface area contributed by atoms with Gasteiger partial charge in [-0.15, -0.1) is 0 Å². The lowest BCUT2D eigenvalue weighted by atomic mass is 10.3. The standard InChI is InChI=1S/C10H24OSi.FH/c1-4-5-6-8-11-9-7-10-12(2)3;/h12H,4-10H2,1-3H3;1H. The molecule has 0 aliphatic heterocycles. The minimum absolute atomic E-state index is 0. The zero-order valence-corrected chi connectivity index (χ0v) is 10.5. The average molecular weight is 208 g/mol. The first-order valence-electron chi connectivity index (χ1n) is 5.35. The summed E-state index contributed by atoms with van der Waals surface area (Å²) < 4.78 is 5.51. The molecule has 0 fully saturated rings. The topological polar surface area (TPSA) is 9.23 Å². The van der Waals surface area contributed by atoms with Crippen LogP contribution in [0.3, 0.4) is 0 Å². The summed E-state index contributed by atoms with van der Waals surface area (Å²) in [5.41, 5.74) is 0. The number of unbranched alkanes of at least 4 members (excludes halogenated alkanes) is 2. The van der Waals surface area contributed by atoms with Crippen LogP contribution >= 0.6 is 0 Å². The molecule has 3 heteroatoms. The highest BCUT2D eigenvalue weighted by Crippen LogP contribution is 1.99. The molecule has 0 heterocycles. The highest BCUT2D eigenvalue weighted by molar-refractivity contribution is 6.55. The van der Waals surface area contributed by atoms with E-state index in [1.165, 1.54) is 31.7 Å². The van der Waals surface area contributed by atoms with Gasteiger partial charge in [-0.2, -0.15) is 0 Å². The predicted octanol–water partition coefficient (Wildman–Crippen LogP) is 3.22. The molecule has 82 valence electrons. The zero-order chi connectivity index (χ0) is 9.23. The van der Waals surface area contributed by atoms with Crippen LogP contribution < -0.4 is 0 Å². The first-order chi connectivity index (χ1) is 5.77. The van der Waals surface area contributed by atoms with E-state index in [2.05, 4.69) is 20.0 Å². The first-order valence-corrected chi connectivity index (χ1v) is 8.47. The second-order valence-corrected chi connectivity index (χ2v) is 7.22. The van der Waals surface area contributed by atoms with E-state index >= 15 is 0 Å². The first kappa shape index (κ1) is 15.6. The summed E-state index contributed by atoms with van der Waals surface area (Å²) in [5.74, 6) is 0. The number of halogens is 1. The number of rotatable bonds is 8. The van der Waals surface area contributed by atoms with Crippen molar-refractivity contribution < 1.29 is 9.44 Å². The van der Waals surface area contributed by atoms with E-state index in [9.17, 15) is 0 Å². The van der Waals surface area contributed by atoms with Crippen LogP contribution in [-0.2, 0) is 4.74 Å². The van der Waals surface area contributed by atoms with E-state index in [-0.39, 0.29) is 13.5 Å². The highest BCUT2D eigenvalue weighted by atomic mass is 28.3. The van der Waals surface area contributed by atoms with Gasteiger partial charge in [-0.1, -0.05) is 38.9 Å². The molecular formula is C10H25FOSi. The smallest absolute Gasteiger partial charge is 0.0466 e. The molecule has 0 spiro atoms. The van der Waals surface area contributed by atoms with Crippen LogP contribution in [0.25, 0.3) is 0 Å². The molecule has 13 heavy (non-hydrogen) atoms. The molecule has 0 aromatic rings. The van der Waals surface area contributed by atoms with Crippen molar-refractivity contribution in [3.05, 3.63) is 0 Å². The summed E-state index contributed by atoms with van der Waals surface area (Å²) in [7, 11) is -0.315. The third kappa shape index (κ3) is 14.9. The molecule has 0 bridgehead atoms. The second-order valence-electron chi connectivity index (χ2n) is 3.86. The van der Waals surface area contributed by atoms with Crippen molar-refractivity contribution in [1.82, 2.24) is 0 Å². The predicted molar refractivity (Wildman–Crippen MR) is 61.1 cm³/mol. The molecule has 1 nitrogen and oxygen atoms in total. The van der Waals surface area contributed by atoms with Gasteiger partial charge >= 0.3 is 0 Å². The zero-order valence-electron chi connectivity index (χ0n) is 9.34. The molecule has 0 aromatic carbocycles. The monoisotopic (exact) mass is 208 g/mol. The summed E-state index contributed by atoms with van der Waals surface area (Å²) in [6.07, 6.45) is 5.15. The number of ether oxygens (including phenoxy) is 1. The maximum Gasteiger partial charge on any atom is 0.0466 e. The van der Waals surface area contributed by atoms with Gasteiger partial charge in [0.2, 0.25) is 0 Å². The van der Waals surface area contributed by atoms with Crippen LogP contribution in [-0.4, -0.2) is 22.0 Å². The Kier molecular flexibility index (Phi) is 14.5. The Morgan fingerprint density at radius 3 is 2.15 bits per heavy atom. The van der Waals surface area contributed by atoms with Crippen LogP contribution in [0.2, 0.25) is 19.1 Å². The third-order valence-electron chi connectivity index (χ3n) is 1.96. The molecule has 0 aromatic heterocycles. The van der Waals surface area contributed by atoms with Gasteiger partial charge < -0.3 is 4.74 Å². The van der Waals surface area contributed by atoms with Crippen LogP contribution in [0.15, 0.2) is 0 Å². The molecule has 0 rings (SSSR count). The Bertz CT molecular complexity index is 89.0. The van der Waals surface area contributed by atoms with E-state index in [4.69, 9.17) is 4.74 Å². The summed E-state index contributed by atoms with van der Waals surface area (Å²) in [6, 6.07) is 1.44. The van der Waals surface area contributed by atoms with Gasteiger partial charge in [0.05, 0.1) is 0 Å². The van der Waals surface area contributed by atoms with E-state index in [0.29, 0.717) is 0 Å². The van der Waals surface area contributed by atoms with Crippen molar-refractivity contribution in [2.75, 3.05) is 13.2 Å². The maximum atomic E-state index is 5.51. The van der Waals surface area contributed by atoms with Gasteiger partial charge in [0.15, 0.2) is 0 Å². The molecular weight excluding hydrogens is 183 g/mol. The number of hydrogen-bond donors (Lipinski definition) is 0. The minimum Gasteiger partial charge on any atom is -0.381 e. The largest absolute Gasteiger partial charge is 0.381 e. The molecule has 0 aliphatic rings. The molecule has 0 aliphatic carbocycles. The Balaban J connectivity index is 0. The van der Waals surface area contributed by atoms with Crippen molar-refractivity contribution in [2.45, 2.75) is 51.7 Å². The molecule has 0 saturated heterocycles. The maximum absolute atomic E-state index is 5.51. The van der Waals surface area contributed by atoms with Gasteiger partial charge in [-0.05, 0) is 12.8 Å². The fourth-order valence-electron chi connectivity index (χ4n) is 1.15. The normalized spacial score (nSPS) is 10.2. The minimum atomic E-state index is -0.315. The quantitative estimate of drug-likeness (QED) is 0.439. The Hall–Kier alpha value is 0.107. The van der Waals surface area contributed by atoms with Crippen molar-refractivity contribution >= 4 is 8.80 Å². The Morgan fingerprint density at radius 2 is 1.62 bits per heavy atom. The molecule has 0 unspecified atom stereocenters. The lowest BCUT2D eigenvalue weighted by molar-refractivity contribution is 0.131. The van der Waals surface area contributed by atoms with E-state index in [1.54, 1.807) is 0 Å². The van der Waals surface area contributed by atoms with Gasteiger partial charge in [0.1, 0.15) is 0 Å². The van der Waals surface area contributed by atoms with E-state index < -0.39 is 0 Å². The van der Waals surface area contributed by atoms with Crippen molar-refractivity contribution in [3.63, 3.8) is 0 Å². The van der Waals surface area contributed by atoms with Crippen LogP contribution in [0.1, 0.15) is 32.6 Å². The van der Waals surface area contributed by atoms with E-state index in [1.807, 2.05) is 0 Å². The molecule has 0 saturated carbocycles. The van der Waals surface area contributed by atoms with Gasteiger partial charge in [0.25, 0.3) is 0 Å². The summed E-state index contributed by atoms with van der Waals surface area (Å²) in [5, 5.41) is 0. The molecule has 0 N–H and O–H groups in total. The van der Waals surface area contributed by atoms with Crippen molar-refractivity contribution in [1.29, 1.82) is 0 Å². The summed E-state index contributed by atoms with van der Waals surface area (Å²) in [6.45, 7) is 9.00. The van der Waals surface area contributed by atoms with Gasteiger partial charge in [0, 0.05) is 22.0 Å². The Labute approximate surface area is 83.8 Å². The fraction of sp³-hybridized carbons (Fsp3) is 1.00. The highest BCUT2D eigenvalue weighted by Gasteiger charge is 1.94.